The first-order chi connectivity index (χ1) is 13.0. The molecule has 1 heterocycles. The van der Waals surface area contributed by atoms with E-state index in [9.17, 15) is 9.59 Å². The molecule has 1 amide bonds. The van der Waals surface area contributed by atoms with E-state index in [0.717, 1.165) is 30.8 Å². The Labute approximate surface area is 160 Å². The maximum Gasteiger partial charge on any atom is 0.338 e. The predicted molar refractivity (Wildman–Crippen MR) is 104 cm³/mol. The fourth-order valence-electron chi connectivity index (χ4n) is 3.34. The van der Waals surface area contributed by atoms with Gasteiger partial charge in [-0.2, -0.15) is 0 Å². The van der Waals surface area contributed by atoms with Crippen molar-refractivity contribution in [2.75, 3.05) is 32.8 Å². The number of piperazine rings is 1. The normalized spacial score (nSPS) is 14.8. The third kappa shape index (κ3) is 5.17. The van der Waals surface area contributed by atoms with E-state index in [1.807, 2.05) is 44.2 Å². The van der Waals surface area contributed by atoms with Gasteiger partial charge >= 0.3 is 5.97 Å². The van der Waals surface area contributed by atoms with Crippen LogP contribution in [-0.2, 0) is 16.1 Å². The smallest absolute Gasteiger partial charge is 0.338 e. The van der Waals surface area contributed by atoms with E-state index in [2.05, 4.69) is 17.0 Å². The zero-order valence-electron chi connectivity index (χ0n) is 16.0. The summed E-state index contributed by atoms with van der Waals surface area (Å²) in [6.45, 7) is 7.51. The first-order valence-corrected chi connectivity index (χ1v) is 9.31. The van der Waals surface area contributed by atoms with Gasteiger partial charge in [-0.3, -0.25) is 9.69 Å². The topological polar surface area (TPSA) is 49.9 Å². The van der Waals surface area contributed by atoms with Gasteiger partial charge in [-0.05, 0) is 31.0 Å². The number of carbonyl (C=O) groups excluding carboxylic acids is 2. The number of aryl methyl sites for hydroxylation is 2. The molecule has 1 saturated heterocycles. The van der Waals surface area contributed by atoms with Crippen LogP contribution < -0.4 is 0 Å². The summed E-state index contributed by atoms with van der Waals surface area (Å²) in [5.41, 5.74) is 3.75. The van der Waals surface area contributed by atoms with Crippen LogP contribution in [0.5, 0.6) is 0 Å². The highest BCUT2D eigenvalue weighted by Crippen LogP contribution is 2.12. The van der Waals surface area contributed by atoms with E-state index in [1.54, 1.807) is 11.0 Å². The van der Waals surface area contributed by atoms with Crippen molar-refractivity contribution in [1.29, 1.82) is 0 Å². The van der Waals surface area contributed by atoms with Crippen molar-refractivity contribution >= 4 is 11.9 Å². The van der Waals surface area contributed by atoms with Crippen LogP contribution in [0.4, 0.5) is 0 Å². The zero-order chi connectivity index (χ0) is 19.2. The summed E-state index contributed by atoms with van der Waals surface area (Å²) in [7, 11) is 0. The second-order valence-electron chi connectivity index (χ2n) is 7.04. The maximum atomic E-state index is 12.4. The molecule has 142 valence electrons. The van der Waals surface area contributed by atoms with E-state index in [4.69, 9.17) is 4.74 Å². The minimum absolute atomic E-state index is 0.132. The molecule has 0 spiro atoms. The van der Waals surface area contributed by atoms with Crippen LogP contribution in [0.2, 0.25) is 0 Å². The van der Waals surface area contributed by atoms with Gasteiger partial charge < -0.3 is 9.64 Å². The van der Waals surface area contributed by atoms with E-state index < -0.39 is 5.97 Å². The first kappa shape index (κ1) is 19.1. The highest BCUT2D eigenvalue weighted by Gasteiger charge is 2.22. The van der Waals surface area contributed by atoms with E-state index in [-0.39, 0.29) is 12.5 Å². The van der Waals surface area contributed by atoms with Crippen molar-refractivity contribution in [3.63, 3.8) is 0 Å². The Hall–Kier alpha value is -2.66. The molecule has 0 unspecified atom stereocenters. The molecular weight excluding hydrogens is 340 g/mol. The number of carbonyl (C=O) groups is 2. The van der Waals surface area contributed by atoms with E-state index in [0.29, 0.717) is 18.7 Å². The van der Waals surface area contributed by atoms with Crippen molar-refractivity contribution < 1.29 is 14.3 Å². The molecule has 3 rings (SSSR count). The molecule has 0 bridgehead atoms. The monoisotopic (exact) mass is 366 g/mol. The molecule has 1 fully saturated rings. The second kappa shape index (κ2) is 8.82. The fourth-order valence-corrected chi connectivity index (χ4v) is 3.34. The molecule has 2 aromatic rings. The molecule has 5 heteroatoms. The average molecular weight is 366 g/mol. The van der Waals surface area contributed by atoms with Crippen LogP contribution in [0.3, 0.4) is 0 Å². The van der Waals surface area contributed by atoms with Crippen molar-refractivity contribution in [2.24, 2.45) is 0 Å². The van der Waals surface area contributed by atoms with Gasteiger partial charge in [-0.15, -0.1) is 0 Å². The molecule has 1 aliphatic heterocycles. The molecule has 1 aliphatic rings. The minimum atomic E-state index is -0.441. The minimum Gasteiger partial charge on any atom is -0.452 e. The van der Waals surface area contributed by atoms with Gasteiger partial charge in [0.15, 0.2) is 6.61 Å². The lowest BCUT2D eigenvalue weighted by atomic mass is 10.1. The Morgan fingerprint density at radius 3 is 2.33 bits per heavy atom. The standard InChI is InChI=1S/C22H26N2O3/c1-17-8-9-20(18(2)14-17)22(26)27-16-21(25)24-12-10-23(11-13-24)15-19-6-4-3-5-7-19/h3-9,14H,10-13,15-16H2,1-2H3. The number of nitrogens with zero attached hydrogens (tertiary/aromatic N) is 2. The summed E-state index contributed by atoms with van der Waals surface area (Å²) in [6.07, 6.45) is 0. The van der Waals surface area contributed by atoms with E-state index >= 15 is 0 Å². The number of hydrogen-bond acceptors (Lipinski definition) is 4. The Morgan fingerprint density at radius 1 is 0.963 bits per heavy atom. The quantitative estimate of drug-likeness (QED) is 0.764. The van der Waals surface area contributed by atoms with Gasteiger partial charge in [0.1, 0.15) is 0 Å². The molecule has 0 saturated carbocycles. The molecule has 5 nitrogen and oxygen atoms in total. The summed E-state index contributed by atoms with van der Waals surface area (Å²) in [6, 6.07) is 15.9. The van der Waals surface area contributed by atoms with Gasteiger partial charge in [0.2, 0.25) is 0 Å². The van der Waals surface area contributed by atoms with Crippen molar-refractivity contribution in [2.45, 2.75) is 20.4 Å². The van der Waals surface area contributed by atoms with Crippen LogP contribution in [0, 0.1) is 13.8 Å². The van der Waals surface area contributed by atoms with Gasteiger partial charge in [-0.1, -0.05) is 48.0 Å². The molecule has 0 N–H and O–H groups in total. The number of benzene rings is 2. The summed E-state index contributed by atoms with van der Waals surface area (Å²) in [4.78, 5) is 28.7. The molecular formula is C22H26N2O3. The largest absolute Gasteiger partial charge is 0.452 e. The second-order valence-corrected chi connectivity index (χ2v) is 7.04. The van der Waals surface area contributed by atoms with Crippen LogP contribution in [0.25, 0.3) is 0 Å². The average Bonchev–Trinajstić information content (AvgIpc) is 2.67. The summed E-state index contributed by atoms with van der Waals surface area (Å²) < 4.78 is 5.24. The number of hydrogen-bond donors (Lipinski definition) is 0. The van der Waals surface area contributed by atoms with Crippen molar-refractivity contribution in [1.82, 2.24) is 9.80 Å². The Kier molecular flexibility index (Phi) is 6.24. The summed E-state index contributed by atoms with van der Waals surface area (Å²) in [5, 5.41) is 0. The number of esters is 1. The lowest BCUT2D eigenvalue weighted by Crippen LogP contribution is -2.49. The summed E-state index contributed by atoms with van der Waals surface area (Å²) in [5.74, 6) is -0.573. The maximum absolute atomic E-state index is 12.4. The van der Waals surface area contributed by atoms with Crippen molar-refractivity contribution in [3.05, 3.63) is 70.8 Å². The molecule has 0 atom stereocenters. The van der Waals surface area contributed by atoms with Crippen LogP contribution in [0.1, 0.15) is 27.0 Å². The van der Waals surface area contributed by atoms with Gasteiger partial charge in [0, 0.05) is 32.7 Å². The lowest BCUT2D eigenvalue weighted by molar-refractivity contribution is -0.136. The van der Waals surface area contributed by atoms with Crippen LogP contribution in [-0.4, -0.2) is 54.5 Å². The number of ether oxygens (including phenoxy) is 1. The lowest BCUT2D eigenvalue weighted by Gasteiger charge is -2.34. The molecule has 0 aromatic heterocycles. The third-order valence-electron chi connectivity index (χ3n) is 4.90. The highest BCUT2D eigenvalue weighted by molar-refractivity contribution is 5.92. The van der Waals surface area contributed by atoms with Gasteiger partial charge in [0.25, 0.3) is 5.91 Å². The Balaban J connectivity index is 1.45. The highest BCUT2D eigenvalue weighted by atomic mass is 16.5. The first-order valence-electron chi connectivity index (χ1n) is 9.31. The van der Waals surface area contributed by atoms with Crippen LogP contribution in [0.15, 0.2) is 48.5 Å². The Bertz CT molecular complexity index is 796. The van der Waals surface area contributed by atoms with E-state index in [1.165, 1.54) is 5.56 Å². The molecule has 0 aliphatic carbocycles. The molecule has 27 heavy (non-hydrogen) atoms. The molecule has 0 radical (unpaired) electrons. The van der Waals surface area contributed by atoms with Crippen LogP contribution >= 0.6 is 0 Å². The van der Waals surface area contributed by atoms with Gasteiger partial charge in [-0.25, -0.2) is 4.79 Å². The zero-order valence-corrected chi connectivity index (χ0v) is 16.0. The number of amides is 1. The van der Waals surface area contributed by atoms with Gasteiger partial charge in [0.05, 0.1) is 5.56 Å². The van der Waals surface area contributed by atoms with Crippen molar-refractivity contribution in [3.8, 4) is 0 Å². The predicted octanol–water partition coefficient (Wildman–Crippen LogP) is 2.80. The summed E-state index contributed by atoms with van der Waals surface area (Å²) >= 11 is 0. The fraction of sp³-hybridized carbons (Fsp3) is 0.364. The SMILES string of the molecule is Cc1ccc(C(=O)OCC(=O)N2CCN(Cc3ccccc3)CC2)c(C)c1. The third-order valence-corrected chi connectivity index (χ3v) is 4.90. The Morgan fingerprint density at radius 2 is 1.67 bits per heavy atom. The molecule has 2 aromatic carbocycles. The number of rotatable bonds is 5.